The molecule has 0 aliphatic carbocycles. The van der Waals surface area contributed by atoms with Crippen LogP contribution in [0.1, 0.15) is 12.5 Å². The van der Waals surface area contributed by atoms with Crippen LogP contribution < -0.4 is 5.32 Å². The van der Waals surface area contributed by atoms with Gasteiger partial charge in [-0.3, -0.25) is 9.98 Å². The van der Waals surface area contributed by atoms with E-state index in [0.717, 1.165) is 17.8 Å². The summed E-state index contributed by atoms with van der Waals surface area (Å²) in [5.74, 6) is 1.00. The summed E-state index contributed by atoms with van der Waals surface area (Å²) in [6.45, 7) is 3.00. The molecule has 1 N–H and O–H groups in total. The quantitative estimate of drug-likeness (QED) is 0.783. The molecule has 2 aromatic rings. The van der Waals surface area contributed by atoms with E-state index in [9.17, 15) is 0 Å². The summed E-state index contributed by atoms with van der Waals surface area (Å²) < 4.78 is 0. The molecule has 1 aromatic heterocycles. The summed E-state index contributed by atoms with van der Waals surface area (Å²) in [4.78, 5) is 8.66. The molecule has 1 atom stereocenters. The second-order valence-electron chi connectivity index (χ2n) is 4.14. The van der Waals surface area contributed by atoms with Crippen LogP contribution in [0.15, 0.2) is 41.7 Å². The number of aromatic nitrogens is 1. The Labute approximate surface area is 94.2 Å². The fourth-order valence-electron chi connectivity index (χ4n) is 2.04. The molecule has 1 unspecified atom stereocenters. The van der Waals surface area contributed by atoms with Gasteiger partial charge < -0.3 is 5.32 Å². The van der Waals surface area contributed by atoms with Crippen LogP contribution in [0.25, 0.3) is 10.8 Å². The minimum absolute atomic E-state index is 0.437. The van der Waals surface area contributed by atoms with Gasteiger partial charge in [-0.25, -0.2) is 0 Å². The van der Waals surface area contributed by atoms with E-state index in [-0.39, 0.29) is 0 Å². The highest BCUT2D eigenvalue weighted by molar-refractivity contribution is 6.10. The lowest BCUT2D eigenvalue weighted by Crippen LogP contribution is -2.27. The molecule has 2 heterocycles. The van der Waals surface area contributed by atoms with Crippen LogP contribution in [-0.2, 0) is 0 Å². The Morgan fingerprint density at radius 2 is 2.25 bits per heavy atom. The number of fused-ring (bicyclic) bond motifs is 1. The van der Waals surface area contributed by atoms with Crippen molar-refractivity contribution in [3.05, 3.63) is 42.2 Å². The molecule has 3 nitrogen and oxygen atoms in total. The van der Waals surface area contributed by atoms with Gasteiger partial charge in [-0.15, -0.1) is 0 Å². The molecule has 0 saturated carbocycles. The van der Waals surface area contributed by atoms with Gasteiger partial charge in [-0.2, -0.15) is 0 Å². The van der Waals surface area contributed by atoms with Crippen molar-refractivity contribution in [2.75, 3.05) is 6.54 Å². The Kier molecular flexibility index (Phi) is 2.10. The van der Waals surface area contributed by atoms with Crippen molar-refractivity contribution in [1.82, 2.24) is 10.3 Å². The zero-order valence-corrected chi connectivity index (χ0v) is 9.14. The van der Waals surface area contributed by atoms with Crippen molar-refractivity contribution in [2.45, 2.75) is 13.0 Å². The van der Waals surface area contributed by atoms with Crippen LogP contribution in [-0.4, -0.2) is 23.4 Å². The molecule has 3 heteroatoms. The molecule has 0 radical (unpaired) electrons. The van der Waals surface area contributed by atoms with Gasteiger partial charge in [0.15, 0.2) is 0 Å². The van der Waals surface area contributed by atoms with Crippen LogP contribution in [0.4, 0.5) is 0 Å². The van der Waals surface area contributed by atoms with Gasteiger partial charge in [-0.05, 0) is 18.4 Å². The van der Waals surface area contributed by atoms with E-state index < -0.39 is 0 Å². The molecular formula is C13H13N3. The smallest absolute Gasteiger partial charge is 0.129 e. The molecule has 0 spiro atoms. The summed E-state index contributed by atoms with van der Waals surface area (Å²) in [6, 6.07) is 8.70. The van der Waals surface area contributed by atoms with Crippen molar-refractivity contribution < 1.29 is 0 Å². The molecule has 0 fully saturated rings. The number of pyridine rings is 1. The van der Waals surface area contributed by atoms with Crippen LogP contribution in [0, 0.1) is 0 Å². The molecule has 3 rings (SSSR count). The second-order valence-corrected chi connectivity index (χ2v) is 4.14. The van der Waals surface area contributed by atoms with E-state index in [1.54, 1.807) is 0 Å². The lowest BCUT2D eigenvalue weighted by Gasteiger charge is -2.08. The van der Waals surface area contributed by atoms with Gasteiger partial charge in [0.2, 0.25) is 0 Å². The highest BCUT2D eigenvalue weighted by Crippen LogP contribution is 2.19. The first-order chi connectivity index (χ1) is 7.84. The third-order valence-electron chi connectivity index (χ3n) is 2.84. The summed E-state index contributed by atoms with van der Waals surface area (Å²) in [5.41, 5.74) is 1.17. The fraction of sp³-hybridized carbons (Fsp3) is 0.231. The van der Waals surface area contributed by atoms with Gasteiger partial charge in [0.25, 0.3) is 0 Å². The highest BCUT2D eigenvalue weighted by Gasteiger charge is 2.15. The number of aliphatic imine (C=N–C) groups is 1. The van der Waals surface area contributed by atoms with E-state index in [1.165, 1.54) is 10.9 Å². The standard InChI is InChI=1S/C13H13N3/c1-9-7-15-13(16-9)12-4-2-3-10-8-14-6-5-11(10)12/h2-6,8-9H,7H2,1H3,(H,15,16). The topological polar surface area (TPSA) is 37.3 Å². The molecule has 0 amide bonds. The lowest BCUT2D eigenvalue weighted by atomic mass is 10.1. The first kappa shape index (κ1) is 9.33. The van der Waals surface area contributed by atoms with E-state index in [1.807, 2.05) is 24.5 Å². The Morgan fingerprint density at radius 1 is 1.31 bits per heavy atom. The maximum absolute atomic E-state index is 4.52. The third kappa shape index (κ3) is 1.45. The van der Waals surface area contributed by atoms with Crippen molar-refractivity contribution in [3.8, 4) is 0 Å². The third-order valence-corrected chi connectivity index (χ3v) is 2.84. The predicted octanol–water partition coefficient (Wildman–Crippen LogP) is 1.97. The van der Waals surface area contributed by atoms with Crippen molar-refractivity contribution in [2.24, 2.45) is 4.99 Å². The molecule has 80 valence electrons. The molecule has 1 aliphatic rings. The molecule has 1 aliphatic heterocycles. The minimum atomic E-state index is 0.437. The second kappa shape index (κ2) is 3.59. The Bertz CT molecular complexity index is 555. The lowest BCUT2D eigenvalue weighted by molar-refractivity contribution is 0.726. The monoisotopic (exact) mass is 211 g/mol. The average molecular weight is 211 g/mol. The zero-order chi connectivity index (χ0) is 11.0. The Balaban J connectivity index is 2.17. The van der Waals surface area contributed by atoms with Crippen LogP contribution in [0.2, 0.25) is 0 Å². The van der Waals surface area contributed by atoms with Gasteiger partial charge >= 0.3 is 0 Å². The first-order valence-corrected chi connectivity index (χ1v) is 5.49. The molecule has 0 bridgehead atoms. The first-order valence-electron chi connectivity index (χ1n) is 5.49. The average Bonchev–Trinajstić information content (AvgIpc) is 2.75. The number of nitrogens with zero attached hydrogens (tertiary/aromatic N) is 2. The van der Waals surface area contributed by atoms with Crippen LogP contribution in [0.3, 0.4) is 0 Å². The van der Waals surface area contributed by atoms with E-state index in [2.05, 4.69) is 34.3 Å². The molecule has 0 saturated heterocycles. The summed E-state index contributed by atoms with van der Waals surface area (Å²) in [7, 11) is 0. The van der Waals surface area contributed by atoms with Gasteiger partial charge in [0.05, 0.1) is 6.54 Å². The summed E-state index contributed by atoms with van der Waals surface area (Å²) >= 11 is 0. The number of benzene rings is 1. The van der Waals surface area contributed by atoms with E-state index in [4.69, 9.17) is 0 Å². The summed E-state index contributed by atoms with van der Waals surface area (Å²) in [6.07, 6.45) is 3.71. The van der Waals surface area contributed by atoms with Gasteiger partial charge in [-0.1, -0.05) is 18.2 Å². The van der Waals surface area contributed by atoms with Crippen molar-refractivity contribution >= 4 is 16.6 Å². The molecule has 16 heavy (non-hydrogen) atoms. The van der Waals surface area contributed by atoms with Crippen molar-refractivity contribution in [1.29, 1.82) is 0 Å². The number of hydrogen-bond donors (Lipinski definition) is 1. The van der Waals surface area contributed by atoms with Gasteiger partial charge in [0.1, 0.15) is 5.84 Å². The number of amidine groups is 1. The Hall–Kier alpha value is -1.90. The normalized spacial score (nSPS) is 19.6. The SMILES string of the molecule is CC1CN=C(c2cccc3cnccc23)N1. The summed E-state index contributed by atoms with van der Waals surface area (Å²) in [5, 5.41) is 5.75. The number of nitrogens with one attached hydrogen (secondary N) is 1. The largest absolute Gasteiger partial charge is 0.366 e. The minimum Gasteiger partial charge on any atom is -0.366 e. The van der Waals surface area contributed by atoms with Crippen molar-refractivity contribution in [3.63, 3.8) is 0 Å². The zero-order valence-electron chi connectivity index (χ0n) is 9.14. The van der Waals surface area contributed by atoms with E-state index >= 15 is 0 Å². The Morgan fingerprint density at radius 3 is 3.06 bits per heavy atom. The molecule has 1 aromatic carbocycles. The van der Waals surface area contributed by atoms with Crippen LogP contribution >= 0.6 is 0 Å². The number of hydrogen-bond acceptors (Lipinski definition) is 3. The predicted molar refractivity (Wildman–Crippen MR) is 65.7 cm³/mol. The number of rotatable bonds is 1. The molecular weight excluding hydrogens is 198 g/mol. The van der Waals surface area contributed by atoms with Gasteiger partial charge in [0, 0.05) is 29.4 Å². The fourth-order valence-corrected chi connectivity index (χ4v) is 2.04. The van der Waals surface area contributed by atoms with Crippen LogP contribution in [0.5, 0.6) is 0 Å². The highest BCUT2D eigenvalue weighted by atomic mass is 15.1. The van der Waals surface area contributed by atoms with E-state index in [0.29, 0.717) is 6.04 Å². The maximum Gasteiger partial charge on any atom is 0.129 e. The maximum atomic E-state index is 4.52.